The van der Waals surface area contributed by atoms with Crippen molar-refractivity contribution >= 4 is 42.6 Å². The average Bonchev–Trinajstić information content (AvgIpc) is 1.59. The molecule has 9 heavy (non-hydrogen) atoms. The monoisotopic (exact) mass is 179 g/mol. The first kappa shape index (κ1) is 7.20. The van der Waals surface area contributed by atoms with E-state index in [2.05, 4.69) is 36.3 Å². The van der Waals surface area contributed by atoms with Crippen LogP contribution in [0, 0.1) is 0 Å². The van der Waals surface area contributed by atoms with E-state index in [4.69, 9.17) is 12.2 Å². The summed E-state index contributed by atoms with van der Waals surface area (Å²) in [6.07, 6.45) is 1.69. The summed E-state index contributed by atoms with van der Waals surface area (Å²) in [6.45, 7) is 0. The van der Waals surface area contributed by atoms with Gasteiger partial charge in [0.25, 0.3) is 0 Å². The van der Waals surface area contributed by atoms with Gasteiger partial charge in [-0.1, -0.05) is 29.6 Å². The zero-order valence-corrected chi connectivity index (χ0v) is 6.93. The van der Waals surface area contributed by atoms with Crippen molar-refractivity contribution in [2.75, 3.05) is 0 Å². The molecule has 0 atom stereocenters. The third-order valence-electron chi connectivity index (χ3n) is 0.704. The molecule has 0 saturated heterocycles. The number of hydrazine groups is 2. The van der Waals surface area contributed by atoms with Crippen molar-refractivity contribution in [3.05, 3.63) is 11.1 Å². The van der Waals surface area contributed by atoms with Crippen LogP contribution in [0.1, 0.15) is 0 Å². The van der Waals surface area contributed by atoms with E-state index in [0.717, 1.165) is 0 Å². The minimum absolute atomic E-state index is 0.591. The van der Waals surface area contributed by atoms with Crippen molar-refractivity contribution in [3.8, 4) is 0 Å². The van der Waals surface area contributed by atoms with Gasteiger partial charge in [-0.05, 0) is 0 Å². The van der Waals surface area contributed by atoms with Crippen LogP contribution >= 0.6 is 37.7 Å². The largest absolute Gasteiger partial charge is 0.286 e. The van der Waals surface area contributed by atoms with Gasteiger partial charge in [0, 0.05) is 6.08 Å². The van der Waals surface area contributed by atoms with E-state index >= 15 is 0 Å². The molecule has 6 heteroatoms. The molecule has 0 aromatic carbocycles. The number of nitrogens with one attached hydrogen (secondary N) is 2. The summed E-state index contributed by atoms with van der Waals surface area (Å²) in [7, 11) is 0. The van der Waals surface area contributed by atoms with E-state index in [9.17, 15) is 0 Å². The minimum atomic E-state index is 0.591. The molecule has 0 radical (unpaired) electrons. The van der Waals surface area contributed by atoms with Crippen LogP contribution in [0.15, 0.2) is 11.1 Å². The Balaban J connectivity index is 2.67. The summed E-state index contributed by atoms with van der Waals surface area (Å²) in [6, 6.07) is 0. The molecule has 0 unspecified atom stereocenters. The van der Waals surface area contributed by atoms with Gasteiger partial charge >= 0.3 is 0 Å². The summed E-state index contributed by atoms with van der Waals surface area (Å²) in [5, 5.41) is 0.675. The fourth-order valence-corrected chi connectivity index (χ4v) is 1.32. The lowest BCUT2D eigenvalue weighted by molar-refractivity contribution is 0.364. The molecule has 0 aromatic heterocycles. The van der Waals surface area contributed by atoms with E-state index < -0.39 is 0 Å². The molecule has 0 spiro atoms. The number of thiol groups is 2. The number of hydrogen-bond acceptors (Lipinski definition) is 5. The highest BCUT2D eigenvalue weighted by atomic mass is 32.1. The van der Waals surface area contributed by atoms with E-state index in [1.807, 2.05) is 0 Å². The van der Waals surface area contributed by atoms with E-state index in [1.54, 1.807) is 6.08 Å². The molecule has 1 heterocycles. The Labute approximate surface area is 69.4 Å². The second-order valence-corrected chi connectivity index (χ2v) is 2.75. The maximum Gasteiger partial charge on any atom is 0.118 e. The number of hydrogen-bond donors (Lipinski definition) is 4. The van der Waals surface area contributed by atoms with Gasteiger partial charge in [0.2, 0.25) is 0 Å². The van der Waals surface area contributed by atoms with Crippen LogP contribution < -0.4 is 10.9 Å². The Morgan fingerprint density at radius 1 is 1.56 bits per heavy atom. The van der Waals surface area contributed by atoms with E-state index in [-0.39, 0.29) is 0 Å². The van der Waals surface area contributed by atoms with Crippen molar-refractivity contribution in [1.82, 2.24) is 15.4 Å². The zero-order chi connectivity index (χ0) is 6.85. The predicted molar refractivity (Wildman–Crippen MR) is 46.8 cm³/mol. The number of nitrogens with zero attached hydrogens (tertiary/aromatic N) is 1. The van der Waals surface area contributed by atoms with Crippen LogP contribution in [-0.2, 0) is 0 Å². The smallest absolute Gasteiger partial charge is 0.118 e. The first-order valence-electron chi connectivity index (χ1n) is 2.15. The van der Waals surface area contributed by atoms with Crippen LogP contribution in [0.25, 0.3) is 0 Å². The van der Waals surface area contributed by atoms with Crippen LogP contribution in [0.2, 0.25) is 0 Å². The molecule has 3 nitrogen and oxygen atoms in total. The van der Waals surface area contributed by atoms with Gasteiger partial charge in [-0.3, -0.25) is 10.9 Å². The Kier molecular flexibility index (Phi) is 2.23. The lowest BCUT2D eigenvalue weighted by Gasteiger charge is -2.22. The van der Waals surface area contributed by atoms with Gasteiger partial charge in [0.1, 0.15) is 4.99 Å². The van der Waals surface area contributed by atoms with Crippen LogP contribution in [0.3, 0.4) is 0 Å². The van der Waals surface area contributed by atoms with E-state index in [0.29, 0.717) is 10.0 Å². The Bertz CT molecular complexity index is 166. The molecule has 1 aliphatic heterocycles. The fraction of sp³-hybridized carbons (Fsp3) is 0. The van der Waals surface area contributed by atoms with Gasteiger partial charge in [0.15, 0.2) is 0 Å². The highest BCUT2D eigenvalue weighted by molar-refractivity contribution is 7.85. The third kappa shape index (κ3) is 2.05. The first-order chi connectivity index (χ1) is 4.18. The highest BCUT2D eigenvalue weighted by Crippen LogP contribution is 2.02. The number of rotatable bonds is 0. The van der Waals surface area contributed by atoms with Crippen molar-refractivity contribution in [3.63, 3.8) is 0 Å². The molecule has 0 aromatic rings. The molecule has 0 bridgehead atoms. The summed E-state index contributed by atoms with van der Waals surface area (Å²) < 4.78 is 1.34. The summed E-state index contributed by atoms with van der Waals surface area (Å²) in [4.78, 5) is 0.591. The predicted octanol–water partition coefficient (Wildman–Crippen LogP) is 0.255. The number of thiocarbonyl (C=S) groups is 1. The average molecular weight is 179 g/mol. The van der Waals surface area contributed by atoms with Crippen molar-refractivity contribution in [1.29, 1.82) is 0 Å². The topological polar surface area (TPSA) is 27.3 Å². The van der Waals surface area contributed by atoms with Gasteiger partial charge in [-0.25, -0.2) is 0 Å². The van der Waals surface area contributed by atoms with Gasteiger partial charge in [0.05, 0.1) is 5.03 Å². The molecule has 0 saturated carbocycles. The highest BCUT2D eigenvalue weighted by Gasteiger charge is 2.06. The van der Waals surface area contributed by atoms with Crippen molar-refractivity contribution in [2.45, 2.75) is 0 Å². The quantitative estimate of drug-likeness (QED) is 0.317. The molecular weight excluding hydrogens is 174 g/mol. The normalized spacial score (nSPS) is 20.2. The Morgan fingerprint density at radius 3 is 2.67 bits per heavy atom. The molecule has 1 rings (SSSR count). The lowest BCUT2D eigenvalue weighted by atomic mass is 10.6. The van der Waals surface area contributed by atoms with E-state index in [1.165, 1.54) is 4.52 Å². The maximum atomic E-state index is 4.79. The molecule has 0 amide bonds. The van der Waals surface area contributed by atoms with Crippen molar-refractivity contribution < 1.29 is 0 Å². The molecule has 2 N–H and O–H groups in total. The Hall–Kier alpha value is 0.0900. The molecule has 1 aliphatic rings. The summed E-state index contributed by atoms with van der Waals surface area (Å²) in [5.41, 5.74) is 5.44. The fourth-order valence-electron chi connectivity index (χ4n) is 0.430. The maximum absolute atomic E-state index is 4.79. The zero-order valence-electron chi connectivity index (χ0n) is 4.33. The van der Waals surface area contributed by atoms with Gasteiger partial charge in [-0.2, -0.15) is 0 Å². The first-order valence-corrected chi connectivity index (χ1v) is 3.41. The second kappa shape index (κ2) is 2.78. The molecule has 0 aliphatic carbocycles. The standard InChI is InChI=1S/C3H5N3S3/c7-2-1-3(8)5-6(9)4-2/h1,4,7,9H,(H,5,8). The molecular formula is C3H5N3S3. The van der Waals surface area contributed by atoms with Crippen molar-refractivity contribution in [2.24, 2.45) is 0 Å². The second-order valence-electron chi connectivity index (χ2n) is 1.43. The lowest BCUT2D eigenvalue weighted by Crippen LogP contribution is -2.45. The molecule has 0 fully saturated rings. The van der Waals surface area contributed by atoms with Crippen LogP contribution in [0.4, 0.5) is 0 Å². The van der Waals surface area contributed by atoms with Crippen LogP contribution in [-0.4, -0.2) is 9.51 Å². The van der Waals surface area contributed by atoms with Gasteiger partial charge in [-0.15, -0.1) is 12.6 Å². The minimum Gasteiger partial charge on any atom is -0.286 e. The SMILES string of the molecule is S=C1C=C(S)NN(S)N1. The summed E-state index contributed by atoms with van der Waals surface area (Å²) in [5.74, 6) is 0. The summed E-state index contributed by atoms with van der Waals surface area (Å²) >= 11 is 12.7. The van der Waals surface area contributed by atoms with Gasteiger partial charge < -0.3 is 0 Å². The Morgan fingerprint density at radius 2 is 2.22 bits per heavy atom. The van der Waals surface area contributed by atoms with Crippen LogP contribution in [0.5, 0.6) is 0 Å². The molecule has 50 valence electrons. The third-order valence-corrected chi connectivity index (χ3v) is 1.34.